The third-order valence-corrected chi connectivity index (χ3v) is 1.78. The van der Waals surface area contributed by atoms with E-state index in [1.165, 1.54) is 0 Å². The Morgan fingerprint density at radius 1 is 1.29 bits per heavy atom. The summed E-state index contributed by atoms with van der Waals surface area (Å²) in [7, 11) is 0. The minimum atomic E-state index is -2.62. The number of carboxylic acid groups (broad SMARTS) is 2. The Kier molecular flexibility index (Phi) is 4.03. The molecule has 0 bridgehead atoms. The molecule has 82 valence electrons. The van der Waals surface area contributed by atoms with E-state index in [0.717, 1.165) is 0 Å². The molecule has 0 aromatic carbocycles. The number of carboxylic acids is 2. The van der Waals surface area contributed by atoms with E-state index in [1.54, 1.807) is 13.8 Å². The van der Waals surface area contributed by atoms with Crippen molar-refractivity contribution >= 4 is 11.9 Å². The van der Waals surface area contributed by atoms with E-state index in [1.807, 2.05) is 0 Å². The molecule has 4 N–H and O–H groups in total. The molecule has 0 radical (unpaired) electrons. The summed E-state index contributed by atoms with van der Waals surface area (Å²) in [6.07, 6.45) is -2.64. The highest BCUT2D eigenvalue weighted by molar-refractivity contribution is 5.87. The summed E-state index contributed by atoms with van der Waals surface area (Å²) in [6.45, 7) is 3.23. The molecule has 0 fully saturated rings. The summed E-state index contributed by atoms with van der Waals surface area (Å²) < 4.78 is 0. The average Bonchev–Trinajstić information content (AvgIpc) is 2.00. The van der Waals surface area contributed by atoms with Gasteiger partial charge in [-0.1, -0.05) is 13.8 Å². The molecule has 0 rings (SSSR count). The predicted molar refractivity (Wildman–Crippen MR) is 45.7 cm³/mol. The first-order valence-electron chi connectivity index (χ1n) is 4.08. The summed E-state index contributed by atoms with van der Waals surface area (Å²) in [5.41, 5.74) is -2.62. The Labute approximate surface area is 80.8 Å². The Bertz CT molecular complexity index is 236. The zero-order valence-electron chi connectivity index (χ0n) is 7.97. The largest absolute Gasteiger partial charge is 0.479 e. The van der Waals surface area contributed by atoms with Crippen LogP contribution in [0.15, 0.2) is 0 Å². The van der Waals surface area contributed by atoms with Gasteiger partial charge < -0.3 is 20.4 Å². The molecule has 2 unspecified atom stereocenters. The van der Waals surface area contributed by atoms with Gasteiger partial charge in [-0.25, -0.2) is 9.59 Å². The van der Waals surface area contributed by atoms with E-state index in [2.05, 4.69) is 0 Å². The average molecular weight is 206 g/mol. The highest BCUT2D eigenvalue weighted by Gasteiger charge is 2.47. The molecule has 6 heteroatoms. The Morgan fingerprint density at radius 3 is 1.93 bits per heavy atom. The van der Waals surface area contributed by atoms with E-state index in [0.29, 0.717) is 0 Å². The fourth-order valence-corrected chi connectivity index (χ4v) is 1.14. The van der Waals surface area contributed by atoms with Crippen molar-refractivity contribution in [2.75, 3.05) is 0 Å². The standard InChI is InChI=1S/C8H14O6/c1-4(2)3-8(14,7(12)13)5(9)6(10)11/h4-5,9,14H,3H2,1-2H3,(H,10,11)(H,12,13). The molecule has 0 aromatic heterocycles. The normalized spacial score (nSPS) is 17.5. The lowest BCUT2D eigenvalue weighted by atomic mass is 9.87. The molecule has 0 saturated carbocycles. The molecular formula is C8H14O6. The van der Waals surface area contributed by atoms with E-state index in [-0.39, 0.29) is 12.3 Å². The number of aliphatic carboxylic acids is 2. The molecule has 0 aliphatic rings. The van der Waals surface area contributed by atoms with Crippen molar-refractivity contribution < 1.29 is 30.0 Å². The van der Waals surface area contributed by atoms with Crippen LogP contribution < -0.4 is 0 Å². The maximum absolute atomic E-state index is 10.6. The Hall–Kier alpha value is -1.14. The Morgan fingerprint density at radius 2 is 1.71 bits per heavy atom. The fourth-order valence-electron chi connectivity index (χ4n) is 1.14. The van der Waals surface area contributed by atoms with Crippen LogP contribution in [0, 0.1) is 5.92 Å². The van der Waals surface area contributed by atoms with E-state index >= 15 is 0 Å². The highest BCUT2D eigenvalue weighted by atomic mass is 16.4. The van der Waals surface area contributed by atoms with Gasteiger partial charge in [-0.15, -0.1) is 0 Å². The molecule has 0 amide bonds. The zero-order valence-corrected chi connectivity index (χ0v) is 7.97. The van der Waals surface area contributed by atoms with Crippen molar-refractivity contribution in [3.05, 3.63) is 0 Å². The van der Waals surface area contributed by atoms with Crippen LogP contribution in [0.3, 0.4) is 0 Å². The highest BCUT2D eigenvalue weighted by Crippen LogP contribution is 2.21. The summed E-state index contributed by atoms with van der Waals surface area (Å²) in [5, 5.41) is 35.5. The van der Waals surface area contributed by atoms with Gasteiger partial charge in [0.1, 0.15) is 0 Å². The van der Waals surface area contributed by atoms with Gasteiger partial charge in [-0.3, -0.25) is 0 Å². The van der Waals surface area contributed by atoms with E-state index in [4.69, 9.17) is 15.3 Å². The third-order valence-electron chi connectivity index (χ3n) is 1.78. The first kappa shape index (κ1) is 12.9. The van der Waals surface area contributed by atoms with Gasteiger partial charge >= 0.3 is 11.9 Å². The summed E-state index contributed by atoms with van der Waals surface area (Å²) in [5.74, 6) is -3.73. The summed E-state index contributed by atoms with van der Waals surface area (Å²) in [4.78, 5) is 21.0. The van der Waals surface area contributed by atoms with E-state index < -0.39 is 23.6 Å². The van der Waals surface area contributed by atoms with Gasteiger partial charge in [0.05, 0.1) is 0 Å². The maximum Gasteiger partial charge on any atom is 0.339 e. The topological polar surface area (TPSA) is 115 Å². The van der Waals surface area contributed by atoms with Crippen molar-refractivity contribution in [1.82, 2.24) is 0 Å². The number of hydrogen-bond donors (Lipinski definition) is 4. The van der Waals surface area contributed by atoms with Crippen LogP contribution in [0.1, 0.15) is 20.3 Å². The summed E-state index contributed by atoms with van der Waals surface area (Å²) in [6, 6.07) is 0. The van der Waals surface area contributed by atoms with Gasteiger partial charge in [0, 0.05) is 0 Å². The lowest BCUT2D eigenvalue weighted by Crippen LogP contribution is -2.54. The smallest absolute Gasteiger partial charge is 0.339 e. The number of hydrogen-bond acceptors (Lipinski definition) is 4. The SMILES string of the molecule is CC(C)CC(O)(C(=O)O)C(O)C(=O)O. The number of rotatable bonds is 5. The van der Waals surface area contributed by atoms with Crippen LogP contribution in [0.2, 0.25) is 0 Å². The molecular weight excluding hydrogens is 192 g/mol. The molecule has 0 heterocycles. The van der Waals surface area contributed by atoms with Crippen LogP contribution in [-0.2, 0) is 9.59 Å². The first-order valence-corrected chi connectivity index (χ1v) is 4.08. The minimum Gasteiger partial charge on any atom is -0.479 e. The quantitative estimate of drug-likeness (QED) is 0.472. The van der Waals surface area contributed by atoms with Crippen LogP contribution in [-0.4, -0.2) is 44.1 Å². The van der Waals surface area contributed by atoms with Gasteiger partial charge in [-0.2, -0.15) is 0 Å². The van der Waals surface area contributed by atoms with Crippen molar-refractivity contribution in [3.8, 4) is 0 Å². The lowest BCUT2D eigenvalue weighted by molar-refractivity contribution is -0.185. The molecule has 0 aliphatic carbocycles. The maximum atomic E-state index is 10.6. The Balaban J connectivity index is 4.89. The van der Waals surface area contributed by atoms with Crippen molar-refractivity contribution in [1.29, 1.82) is 0 Å². The lowest BCUT2D eigenvalue weighted by Gasteiger charge is -2.27. The predicted octanol–water partition coefficient (Wildman–Crippen LogP) is -0.706. The second-order valence-corrected chi connectivity index (χ2v) is 3.57. The van der Waals surface area contributed by atoms with Crippen molar-refractivity contribution in [2.24, 2.45) is 5.92 Å². The van der Waals surface area contributed by atoms with Gasteiger partial charge in [0.2, 0.25) is 0 Å². The van der Waals surface area contributed by atoms with Gasteiger partial charge in [0.15, 0.2) is 11.7 Å². The fraction of sp³-hybridized carbons (Fsp3) is 0.750. The second kappa shape index (κ2) is 4.39. The molecule has 0 saturated heterocycles. The molecule has 0 aromatic rings. The number of aliphatic hydroxyl groups is 2. The van der Waals surface area contributed by atoms with Crippen LogP contribution >= 0.6 is 0 Å². The zero-order chi connectivity index (χ0) is 11.5. The molecule has 6 nitrogen and oxygen atoms in total. The monoisotopic (exact) mass is 206 g/mol. The molecule has 2 atom stereocenters. The van der Waals surface area contributed by atoms with Crippen LogP contribution in [0.5, 0.6) is 0 Å². The molecule has 14 heavy (non-hydrogen) atoms. The second-order valence-electron chi connectivity index (χ2n) is 3.57. The van der Waals surface area contributed by atoms with E-state index in [9.17, 15) is 14.7 Å². The minimum absolute atomic E-state index is 0.245. The molecule has 0 aliphatic heterocycles. The van der Waals surface area contributed by atoms with Gasteiger partial charge in [-0.05, 0) is 12.3 Å². The summed E-state index contributed by atoms with van der Waals surface area (Å²) >= 11 is 0. The number of carbonyl (C=O) groups is 2. The van der Waals surface area contributed by atoms with Crippen molar-refractivity contribution in [2.45, 2.75) is 32.0 Å². The first-order chi connectivity index (χ1) is 6.21. The molecule has 0 spiro atoms. The third kappa shape index (κ3) is 2.68. The van der Waals surface area contributed by atoms with Crippen molar-refractivity contribution in [3.63, 3.8) is 0 Å². The van der Waals surface area contributed by atoms with Crippen LogP contribution in [0.25, 0.3) is 0 Å². The van der Waals surface area contributed by atoms with Crippen LogP contribution in [0.4, 0.5) is 0 Å². The van der Waals surface area contributed by atoms with Gasteiger partial charge in [0.25, 0.3) is 0 Å². The number of aliphatic hydroxyl groups excluding tert-OH is 1.